The van der Waals surface area contributed by atoms with Crippen molar-refractivity contribution in [2.24, 2.45) is 0 Å². The Balaban J connectivity index is 2.93. The molecule has 0 radical (unpaired) electrons. The minimum Gasteiger partial charge on any atom is -0.481 e. The summed E-state index contributed by atoms with van der Waals surface area (Å²) in [5.74, 6) is -1.10. The average molecular weight is 332 g/mol. The quantitative estimate of drug-likeness (QED) is 0.839. The largest absolute Gasteiger partial charge is 0.481 e. The average Bonchev–Trinajstić information content (AvgIpc) is 2.67. The Labute approximate surface area is 120 Å². The maximum absolute atomic E-state index is 12.2. The SMILES string of the molecule is CCC(CC)(CC(=O)O)NC(=O)c1oc(Br)cc1C. The van der Waals surface area contributed by atoms with Gasteiger partial charge in [0.05, 0.1) is 12.0 Å². The van der Waals surface area contributed by atoms with E-state index < -0.39 is 11.5 Å². The Kier molecular flexibility index (Phi) is 5.17. The minimum atomic E-state index is -0.929. The number of hydrogen-bond acceptors (Lipinski definition) is 3. The summed E-state index contributed by atoms with van der Waals surface area (Å²) in [6, 6.07) is 1.70. The van der Waals surface area contributed by atoms with Crippen molar-refractivity contribution in [1.29, 1.82) is 0 Å². The van der Waals surface area contributed by atoms with Crippen molar-refractivity contribution in [1.82, 2.24) is 5.32 Å². The number of carboxylic acids is 1. The van der Waals surface area contributed by atoms with Crippen LogP contribution in [0.5, 0.6) is 0 Å². The van der Waals surface area contributed by atoms with Crippen LogP contribution in [-0.4, -0.2) is 22.5 Å². The Hall–Kier alpha value is -1.30. The molecule has 0 spiro atoms. The normalized spacial score (nSPS) is 11.4. The molecule has 1 rings (SSSR count). The third kappa shape index (κ3) is 3.83. The lowest BCUT2D eigenvalue weighted by Crippen LogP contribution is -2.49. The molecule has 1 aromatic heterocycles. The highest BCUT2D eigenvalue weighted by Crippen LogP contribution is 2.23. The molecule has 5 nitrogen and oxygen atoms in total. The van der Waals surface area contributed by atoms with E-state index in [1.165, 1.54) is 0 Å². The standard InChI is InChI=1S/C13H18BrNO4/c1-4-13(5-2,7-10(16)17)15-12(18)11-8(3)6-9(14)19-11/h6H,4-5,7H2,1-3H3,(H,15,18)(H,16,17). The Morgan fingerprint density at radius 1 is 1.42 bits per heavy atom. The highest BCUT2D eigenvalue weighted by Gasteiger charge is 2.32. The van der Waals surface area contributed by atoms with Crippen LogP contribution in [0.2, 0.25) is 0 Å². The molecule has 1 aromatic rings. The lowest BCUT2D eigenvalue weighted by molar-refractivity contribution is -0.138. The number of carboxylic acid groups (broad SMARTS) is 1. The lowest BCUT2D eigenvalue weighted by atomic mass is 9.88. The molecule has 2 N–H and O–H groups in total. The topological polar surface area (TPSA) is 79.5 Å². The predicted molar refractivity (Wildman–Crippen MR) is 74.2 cm³/mol. The van der Waals surface area contributed by atoms with Gasteiger partial charge in [0, 0.05) is 5.56 Å². The molecule has 0 saturated carbocycles. The van der Waals surface area contributed by atoms with Crippen molar-refractivity contribution in [3.05, 3.63) is 22.1 Å². The predicted octanol–water partition coefficient (Wildman–Crippen LogP) is 3.11. The molecule has 1 heterocycles. The zero-order chi connectivity index (χ0) is 14.6. The van der Waals surface area contributed by atoms with E-state index in [1.54, 1.807) is 13.0 Å². The summed E-state index contributed by atoms with van der Waals surface area (Å²) in [6.45, 7) is 5.48. The van der Waals surface area contributed by atoms with Crippen molar-refractivity contribution in [2.45, 2.75) is 45.6 Å². The first-order valence-corrected chi connectivity index (χ1v) is 6.93. The van der Waals surface area contributed by atoms with E-state index in [4.69, 9.17) is 9.52 Å². The van der Waals surface area contributed by atoms with Crippen LogP contribution in [0.15, 0.2) is 15.2 Å². The molecule has 0 aromatic carbocycles. The van der Waals surface area contributed by atoms with Crippen LogP contribution in [-0.2, 0) is 4.79 Å². The second kappa shape index (κ2) is 6.23. The van der Waals surface area contributed by atoms with Crippen LogP contribution >= 0.6 is 15.9 Å². The van der Waals surface area contributed by atoms with E-state index in [0.29, 0.717) is 23.1 Å². The van der Waals surface area contributed by atoms with Gasteiger partial charge in [-0.15, -0.1) is 0 Å². The third-order valence-electron chi connectivity index (χ3n) is 3.32. The fraction of sp³-hybridized carbons (Fsp3) is 0.538. The van der Waals surface area contributed by atoms with Crippen LogP contribution in [0, 0.1) is 6.92 Å². The molecule has 0 aliphatic heterocycles. The van der Waals surface area contributed by atoms with Crippen molar-refractivity contribution in [2.75, 3.05) is 0 Å². The highest BCUT2D eigenvalue weighted by molar-refractivity contribution is 9.10. The lowest BCUT2D eigenvalue weighted by Gasteiger charge is -2.31. The van der Waals surface area contributed by atoms with Gasteiger partial charge in [-0.1, -0.05) is 13.8 Å². The van der Waals surface area contributed by atoms with Crippen LogP contribution < -0.4 is 5.32 Å². The van der Waals surface area contributed by atoms with Gasteiger partial charge in [-0.2, -0.15) is 0 Å². The number of carbonyl (C=O) groups is 2. The third-order valence-corrected chi connectivity index (χ3v) is 3.71. The van der Waals surface area contributed by atoms with Crippen molar-refractivity contribution in [3.63, 3.8) is 0 Å². The van der Waals surface area contributed by atoms with Gasteiger partial charge >= 0.3 is 5.97 Å². The summed E-state index contributed by atoms with van der Waals surface area (Å²) in [4.78, 5) is 23.1. The van der Waals surface area contributed by atoms with E-state index in [9.17, 15) is 9.59 Å². The number of hydrogen-bond donors (Lipinski definition) is 2. The number of amides is 1. The molecule has 0 fully saturated rings. The van der Waals surface area contributed by atoms with Crippen molar-refractivity contribution in [3.8, 4) is 0 Å². The van der Waals surface area contributed by atoms with E-state index in [-0.39, 0.29) is 18.1 Å². The molecule has 0 atom stereocenters. The van der Waals surface area contributed by atoms with Gasteiger partial charge in [0.25, 0.3) is 5.91 Å². The first-order valence-electron chi connectivity index (χ1n) is 6.13. The van der Waals surface area contributed by atoms with Gasteiger partial charge in [-0.25, -0.2) is 0 Å². The smallest absolute Gasteiger partial charge is 0.305 e. The number of aryl methyl sites for hydroxylation is 1. The molecule has 1 amide bonds. The molecule has 0 unspecified atom stereocenters. The molecule has 19 heavy (non-hydrogen) atoms. The number of furan rings is 1. The van der Waals surface area contributed by atoms with E-state index in [0.717, 1.165) is 0 Å². The van der Waals surface area contributed by atoms with Crippen LogP contribution in [0.4, 0.5) is 0 Å². The minimum absolute atomic E-state index is 0.104. The molecule has 106 valence electrons. The van der Waals surface area contributed by atoms with Gasteiger partial charge in [0.2, 0.25) is 0 Å². The summed E-state index contributed by atoms with van der Waals surface area (Å²) in [6.07, 6.45) is 0.984. The first kappa shape index (κ1) is 15.8. The molecular weight excluding hydrogens is 314 g/mol. The van der Waals surface area contributed by atoms with E-state index >= 15 is 0 Å². The maximum atomic E-state index is 12.2. The summed E-state index contributed by atoms with van der Waals surface area (Å²) < 4.78 is 5.75. The van der Waals surface area contributed by atoms with Crippen LogP contribution in [0.3, 0.4) is 0 Å². The summed E-state index contributed by atoms with van der Waals surface area (Å²) in [5.41, 5.74) is -0.0324. The molecule has 0 saturated heterocycles. The number of rotatable bonds is 6. The fourth-order valence-corrected chi connectivity index (χ4v) is 2.48. The van der Waals surface area contributed by atoms with E-state index in [1.807, 2.05) is 13.8 Å². The summed E-state index contributed by atoms with van der Waals surface area (Å²) in [7, 11) is 0. The second-order valence-corrected chi connectivity index (χ2v) is 5.36. The Morgan fingerprint density at radius 3 is 2.37 bits per heavy atom. The maximum Gasteiger partial charge on any atom is 0.305 e. The monoisotopic (exact) mass is 331 g/mol. The molecular formula is C13H18BrNO4. The zero-order valence-electron chi connectivity index (χ0n) is 11.2. The summed E-state index contributed by atoms with van der Waals surface area (Å²) in [5, 5.41) is 11.8. The molecule has 0 aliphatic carbocycles. The highest BCUT2D eigenvalue weighted by atomic mass is 79.9. The number of aliphatic carboxylic acids is 1. The van der Waals surface area contributed by atoms with Gasteiger partial charge in [-0.05, 0) is 41.8 Å². The fourth-order valence-electron chi connectivity index (χ4n) is 1.98. The summed E-state index contributed by atoms with van der Waals surface area (Å²) >= 11 is 3.16. The first-order chi connectivity index (χ1) is 8.83. The number of carbonyl (C=O) groups excluding carboxylic acids is 1. The van der Waals surface area contributed by atoms with Crippen molar-refractivity contribution < 1.29 is 19.1 Å². The van der Waals surface area contributed by atoms with Crippen LogP contribution in [0.25, 0.3) is 0 Å². The number of halogens is 1. The Morgan fingerprint density at radius 2 is 2.00 bits per heavy atom. The van der Waals surface area contributed by atoms with E-state index in [2.05, 4.69) is 21.2 Å². The van der Waals surface area contributed by atoms with Crippen LogP contribution in [0.1, 0.15) is 49.2 Å². The molecule has 0 bridgehead atoms. The Bertz CT molecular complexity index is 477. The molecule has 0 aliphatic rings. The van der Waals surface area contributed by atoms with Gasteiger partial charge in [-0.3, -0.25) is 9.59 Å². The number of nitrogens with one attached hydrogen (secondary N) is 1. The van der Waals surface area contributed by atoms with Crippen molar-refractivity contribution >= 4 is 27.8 Å². The zero-order valence-corrected chi connectivity index (χ0v) is 12.8. The van der Waals surface area contributed by atoms with Gasteiger partial charge < -0.3 is 14.8 Å². The second-order valence-electron chi connectivity index (χ2n) is 4.57. The van der Waals surface area contributed by atoms with Gasteiger partial charge in [0.1, 0.15) is 0 Å². The van der Waals surface area contributed by atoms with Gasteiger partial charge in [0.15, 0.2) is 10.4 Å². The molecule has 6 heteroatoms.